The molecule has 0 aliphatic heterocycles. The zero-order valence-corrected chi connectivity index (χ0v) is 5.80. The van der Waals surface area contributed by atoms with Crippen LogP contribution >= 0.6 is 12.6 Å². The zero-order chi connectivity index (χ0) is 6.70. The highest BCUT2D eigenvalue weighted by Crippen LogP contribution is 2.71. The molecule has 2 aliphatic rings. The van der Waals surface area contributed by atoms with E-state index in [1.54, 1.807) is 0 Å². The second-order valence-electron chi connectivity index (χ2n) is 3.22. The summed E-state index contributed by atoms with van der Waals surface area (Å²) < 4.78 is 24.7. The van der Waals surface area contributed by atoms with E-state index in [1.807, 2.05) is 0 Å². The summed E-state index contributed by atoms with van der Waals surface area (Å²) in [5.41, 5.74) is -0.570. The third-order valence-electron chi connectivity index (χ3n) is 2.46. The molecule has 0 aromatic carbocycles. The summed E-state index contributed by atoms with van der Waals surface area (Å²) in [4.78, 5) is 0. The van der Waals surface area contributed by atoms with Crippen LogP contribution in [0.2, 0.25) is 0 Å². The van der Waals surface area contributed by atoms with Gasteiger partial charge in [-0.05, 0) is 12.8 Å². The molecule has 0 unspecified atom stereocenters. The van der Waals surface area contributed by atoms with Crippen molar-refractivity contribution in [3.63, 3.8) is 0 Å². The van der Waals surface area contributed by atoms with Gasteiger partial charge < -0.3 is 0 Å². The van der Waals surface area contributed by atoms with E-state index in [-0.39, 0.29) is 11.7 Å². The van der Waals surface area contributed by atoms with Crippen LogP contribution in [0.5, 0.6) is 0 Å². The molecule has 52 valence electrons. The Morgan fingerprint density at radius 3 is 1.89 bits per heavy atom. The Hall–Kier alpha value is 0.210. The second-order valence-corrected chi connectivity index (χ2v) is 3.95. The van der Waals surface area contributed by atoms with Crippen molar-refractivity contribution in [2.45, 2.75) is 30.4 Å². The molecule has 2 rings (SSSR count). The first-order valence-electron chi connectivity index (χ1n) is 3.12. The molecule has 2 saturated carbocycles. The van der Waals surface area contributed by atoms with Crippen molar-refractivity contribution in [2.75, 3.05) is 0 Å². The van der Waals surface area contributed by atoms with E-state index in [4.69, 9.17) is 0 Å². The summed E-state index contributed by atoms with van der Waals surface area (Å²) in [5, 5.41) is 0.248. The SMILES string of the molecule is FC1(F)C[C@]12C[C@@H](S)C2. The van der Waals surface area contributed by atoms with Gasteiger partial charge in [0.2, 0.25) is 0 Å². The highest BCUT2D eigenvalue weighted by molar-refractivity contribution is 7.81. The number of halogens is 2. The fraction of sp³-hybridized carbons (Fsp3) is 1.00. The molecule has 3 heteroatoms. The van der Waals surface area contributed by atoms with E-state index in [1.165, 1.54) is 0 Å². The van der Waals surface area contributed by atoms with Crippen molar-refractivity contribution >= 4 is 12.6 Å². The van der Waals surface area contributed by atoms with Gasteiger partial charge in [0.05, 0.1) is 0 Å². The van der Waals surface area contributed by atoms with E-state index >= 15 is 0 Å². The summed E-state index contributed by atoms with van der Waals surface area (Å²) >= 11 is 4.08. The molecule has 9 heavy (non-hydrogen) atoms. The fourth-order valence-electron chi connectivity index (χ4n) is 1.67. The Morgan fingerprint density at radius 1 is 1.33 bits per heavy atom. The molecular formula is C6H8F2S. The normalized spacial score (nSPS) is 53.0. The van der Waals surface area contributed by atoms with Gasteiger partial charge in [0.15, 0.2) is 0 Å². The quantitative estimate of drug-likeness (QED) is 0.502. The average Bonchev–Trinajstić information content (AvgIpc) is 2.06. The lowest BCUT2D eigenvalue weighted by atomic mass is 9.80. The molecule has 0 amide bonds. The monoisotopic (exact) mass is 150 g/mol. The van der Waals surface area contributed by atoms with Crippen LogP contribution < -0.4 is 0 Å². The van der Waals surface area contributed by atoms with Crippen molar-refractivity contribution in [1.29, 1.82) is 0 Å². The number of thiol groups is 1. The largest absolute Gasteiger partial charge is 0.254 e. The predicted octanol–water partition coefficient (Wildman–Crippen LogP) is 2.10. The van der Waals surface area contributed by atoms with Crippen LogP contribution in [-0.2, 0) is 0 Å². The molecule has 2 fully saturated rings. The smallest absolute Gasteiger partial charge is 0.206 e. The van der Waals surface area contributed by atoms with Gasteiger partial charge in [0.1, 0.15) is 0 Å². The number of alkyl halides is 2. The van der Waals surface area contributed by atoms with Crippen LogP contribution in [0.4, 0.5) is 8.78 Å². The van der Waals surface area contributed by atoms with Crippen molar-refractivity contribution in [3.05, 3.63) is 0 Å². The molecule has 0 aromatic heterocycles. The molecule has 0 nitrogen and oxygen atoms in total. The van der Waals surface area contributed by atoms with Crippen molar-refractivity contribution in [2.24, 2.45) is 5.41 Å². The van der Waals surface area contributed by atoms with Gasteiger partial charge in [-0.3, -0.25) is 0 Å². The van der Waals surface area contributed by atoms with Gasteiger partial charge in [-0.15, -0.1) is 0 Å². The third kappa shape index (κ3) is 0.588. The van der Waals surface area contributed by atoms with E-state index in [9.17, 15) is 8.78 Å². The Morgan fingerprint density at radius 2 is 1.78 bits per heavy atom. The lowest BCUT2D eigenvalue weighted by Gasteiger charge is -2.32. The molecule has 0 N–H and O–H groups in total. The average molecular weight is 150 g/mol. The van der Waals surface area contributed by atoms with Crippen LogP contribution in [0, 0.1) is 5.41 Å². The van der Waals surface area contributed by atoms with Crippen LogP contribution in [0.1, 0.15) is 19.3 Å². The van der Waals surface area contributed by atoms with Gasteiger partial charge in [-0.2, -0.15) is 12.6 Å². The molecule has 1 spiro atoms. The van der Waals surface area contributed by atoms with Crippen molar-refractivity contribution < 1.29 is 8.78 Å². The molecule has 0 aromatic rings. The fourth-order valence-corrected chi connectivity index (χ4v) is 2.37. The molecule has 0 bridgehead atoms. The van der Waals surface area contributed by atoms with Gasteiger partial charge in [-0.25, -0.2) is 8.78 Å². The standard InChI is InChI=1S/C6H8F2S/c7-6(8)3-5(6)1-4(9)2-5/h4,9H,1-3H2/t4-,5-. The van der Waals surface area contributed by atoms with E-state index in [2.05, 4.69) is 12.6 Å². The summed E-state index contributed by atoms with van der Waals surface area (Å²) in [7, 11) is 0. The molecule has 0 heterocycles. The van der Waals surface area contributed by atoms with Crippen molar-refractivity contribution in [1.82, 2.24) is 0 Å². The van der Waals surface area contributed by atoms with Crippen LogP contribution in [0.15, 0.2) is 0 Å². The highest BCUT2D eigenvalue weighted by Gasteiger charge is 2.74. The van der Waals surface area contributed by atoms with E-state index in [0.717, 1.165) is 0 Å². The Bertz CT molecular complexity index is 149. The minimum absolute atomic E-state index is 0.122. The molecule has 0 saturated heterocycles. The van der Waals surface area contributed by atoms with E-state index < -0.39 is 11.3 Å². The van der Waals surface area contributed by atoms with Gasteiger partial charge >= 0.3 is 0 Å². The Kier molecular flexibility index (Phi) is 0.852. The maximum Gasteiger partial charge on any atom is 0.254 e. The van der Waals surface area contributed by atoms with Gasteiger partial charge in [-0.1, -0.05) is 0 Å². The summed E-state index contributed by atoms with van der Waals surface area (Å²) in [5.74, 6) is -2.33. The second kappa shape index (κ2) is 1.29. The number of hydrogen-bond donors (Lipinski definition) is 1. The minimum Gasteiger partial charge on any atom is -0.206 e. The molecular weight excluding hydrogens is 142 g/mol. The van der Waals surface area contributed by atoms with Crippen LogP contribution in [0.25, 0.3) is 0 Å². The number of hydrogen-bond acceptors (Lipinski definition) is 1. The third-order valence-corrected chi connectivity index (χ3v) is 2.83. The Balaban J connectivity index is 2.03. The topological polar surface area (TPSA) is 0 Å². The maximum atomic E-state index is 12.4. The first-order chi connectivity index (χ1) is 4.06. The molecule has 2 aliphatic carbocycles. The first kappa shape index (κ1) is 5.96. The van der Waals surface area contributed by atoms with Gasteiger partial charge in [0.25, 0.3) is 5.92 Å². The zero-order valence-electron chi connectivity index (χ0n) is 4.90. The van der Waals surface area contributed by atoms with Crippen LogP contribution in [-0.4, -0.2) is 11.2 Å². The van der Waals surface area contributed by atoms with Gasteiger partial charge in [0, 0.05) is 17.1 Å². The predicted molar refractivity (Wildman–Crippen MR) is 34.0 cm³/mol. The number of rotatable bonds is 0. The van der Waals surface area contributed by atoms with E-state index in [0.29, 0.717) is 12.8 Å². The summed E-state index contributed by atoms with van der Waals surface area (Å²) in [6.07, 6.45) is 1.38. The maximum absolute atomic E-state index is 12.4. The molecule has 0 radical (unpaired) electrons. The summed E-state index contributed by atoms with van der Waals surface area (Å²) in [6.45, 7) is 0. The summed E-state index contributed by atoms with van der Waals surface area (Å²) in [6, 6.07) is 0. The highest BCUT2D eigenvalue weighted by atomic mass is 32.1. The first-order valence-corrected chi connectivity index (χ1v) is 3.63. The molecule has 0 atom stereocenters. The lowest BCUT2D eigenvalue weighted by molar-refractivity contribution is 0.0333. The lowest BCUT2D eigenvalue weighted by Crippen LogP contribution is -2.30. The van der Waals surface area contributed by atoms with Crippen LogP contribution in [0.3, 0.4) is 0 Å². The van der Waals surface area contributed by atoms with Crippen molar-refractivity contribution in [3.8, 4) is 0 Å². The minimum atomic E-state index is -2.33. The Labute approximate surface area is 58.0 Å².